The molecular formula is C15H20N6O3S. The van der Waals surface area contributed by atoms with Gasteiger partial charge in [0, 0.05) is 44.6 Å². The van der Waals surface area contributed by atoms with Gasteiger partial charge in [-0.25, -0.2) is 0 Å². The summed E-state index contributed by atoms with van der Waals surface area (Å²) in [5, 5.41) is 13.2. The number of hydrogen-bond donors (Lipinski definition) is 0. The van der Waals surface area contributed by atoms with E-state index in [0.717, 1.165) is 25.9 Å². The van der Waals surface area contributed by atoms with Crippen LogP contribution in [0.4, 0.5) is 11.6 Å². The van der Waals surface area contributed by atoms with Crippen molar-refractivity contribution in [3.8, 4) is 0 Å². The highest BCUT2D eigenvalue weighted by Crippen LogP contribution is 2.31. The maximum atomic E-state index is 12.3. The van der Waals surface area contributed by atoms with Crippen molar-refractivity contribution in [2.75, 3.05) is 50.7 Å². The molecule has 1 amide bonds. The van der Waals surface area contributed by atoms with Gasteiger partial charge in [0.15, 0.2) is 0 Å². The summed E-state index contributed by atoms with van der Waals surface area (Å²) in [6, 6.07) is 0. The van der Waals surface area contributed by atoms with Gasteiger partial charge >= 0.3 is 5.82 Å². The van der Waals surface area contributed by atoms with Crippen LogP contribution in [-0.4, -0.2) is 75.8 Å². The number of hydrogen-bond acceptors (Lipinski definition) is 7. The van der Waals surface area contributed by atoms with Gasteiger partial charge in [0.25, 0.3) is 4.96 Å². The Morgan fingerprint density at radius 3 is 2.60 bits per heavy atom. The zero-order chi connectivity index (χ0) is 17.4. The van der Waals surface area contributed by atoms with Crippen LogP contribution in [0.25, 0.3) is 4.96 Å². The molecule has 2 fully saturated rings. The Balaban J connectivity index is 1.42. The van der Waals surface area contributed by atoms with Crippen LogP contribution in [0.1, 0.15) is 12.8 Å². The smallest absolute Gasteiger partial charge is 0.358 e. The van der Waals surface area contributed by atoms with Gasteiger partial charge in [-0.3, -0.25) is 9.69 Å². The Hall–Kier alpha value is -2.20. The Labute approximate surface area is 148 Å². The Kier molecular flexibility index (Phi) is 4.30. The maximum absolute atomic E-state index is 12.3. The maximum Gasteiger partial charge on any atom is 0.373 e. The molecule has 0 saturated carbocycles. The number of piperazine rings is 1. The number of carbonyl (C=O) groups is 1. The van der Waals surface area contributed by atoms with Crippen LogP contribution in [0, 0.1) is 10.1 Å². The molecule has 0 bridgehead atoms. The number of likely N-dealkylation sites (tertiary alicyclic amines) is 1. The number of anilines is 1. The summed E-state index contributed by atoms with van der Waals surface area (Å²) in [5.74, 6) is 0.652. The molecule has 2 aromatic rings. The quantitative estimate of drug-likeness (QED) is 0.595. The number of carbonyl (C=O) groups excluding carboxylic acids is 1. The lowest BCUT2D eigenvalue weighted by Gasteiger charge is -2.34. The number of imidazole rings is 1. The molecule has 0 N–H and O–H groups in total. The van der Waals surface area contributed by atoms with E-state index in [1.54, 1.807) is 11.6 Å². The van der Waals surface area contributed by atoms with E-state index in [9.17, 15) is 14.9 Å². The number of thiazole rings is 1. The standard InChI is InChI=1S/C15H20N6O3S/c22-12(18-3-1-2-4-18)11-17-5-7-19(8-6-17)13-14(21(23)24)20-9-10-25-15(20)16-13/h9-10H,1-8,11H2. The van der Waals surface area contributed by atoms with E-state index in [-0.39, 0.29) is 16.6 Å². The third kappa shape index (κ3) is 3.07. The number of rotatable bonds is 4. The predicted octanol–water partition coefficient (Wildman–Crippen LogP) is 1.05. The highest BCUT2D eigenvalue weighted by atomic mass is 32.1. The third-order valence-electron chi connectivity index (χ3n) is 4.88. The molecule has 134 valence electrons. The molecule has 2 saturated heterocycles. The van der Waals surface area contributed by atoms with E-state index in [0.29, 0.717) is 43.5 Å². The molecule has 9 nitrogen and oxygen atoms in total. The molecule has 0 aromatic carbocycles. The second kappa shape index (κ2) is 6.60. The predicted molar refractivity (Wildman–Crippen MR) is 94.2 cm³/mol. The molecule has 2 aliphatic rings. The molecule has 0 radical (unpaired) electrons. The highest BCUT2D eigenvalue weighted by molar-refractivity contribution is 7.15. The van der Waals surface area contributed by atoms with Crippen molar-refractivity contribution in [3.63, 3.8) is 0 Å². The normalized spacial score (nSPS) is 19.0. The SMILES string of the molecule is O=C(CN1CCN(c2nc3sccn3c2[N+](=O)[O-])CC1)N1CCCC1. The molecule has 4 heterocycles. The van der Waals surface area contributed by atoms with Crippen LogP contribution in [0.5, 0.6) is 0 Å². The van der Waals surface area contributed by atoms with Crippen molar-refractivity contribution in [2.24, 2.45) is 0 Å². The zero-order valence-corrected chi connectivity index (χ0v) is 14.7. The first kappa shape index (κ1) is 16.3. The lowest BCUT2D eigenvalue weighted by atomic mass is 10.3. The number of nitro groups is 1. The second-order valence-corrected chi connectivity index (χ2v) is 7.30. The van der Waals surface area contributed by atoms with Gasteiger partial charge < -0.3 is 19.9 Å². The molecule has 25 heavy (non-hydrogen) atoms. The molecule has 4 rings (SSSR count). The van der Waals surface area contributed by atoms with Crippen molar-refractivity contribution in [1.82, 2.24) is 19.2 Å². The molecular weight excluding hydrogens is 344 g/mol. The first-order valence-electron chi connectivity index (χ1n) is 8.48. The molecule has 2 aromatic heterocycles. The Bertz CT molecular complexity index is 788. The zero-order valence-electron chi connectivity index (χ0n) is 13.8. The molecule has 0 atom stereocenters. The summed E-state index contributed by atoms with van der Waals surface area (Å²) in [5.41, 5.74) is 0. The fourth-order valence-electron chi connectivity index (χ4n) is 3.52. The van der Waals surface area contributed by atoms with Crippen LogP contribution in [0.3, 0.4) is 0 Å². The molecule has 0 aliphatic carbocycles. The monoisotopic (exact) mass is 364 g/mol. The fourth-order valence-corrected chi connectivity index (χ4v) is 4.22. The largest absolute Gasteiger partial charge is 0.373 e. The minimum absolute atomic E-state index is 0.0258. The summed E-state index contributed by atoms with van der Waals surface area (Å²) in [6.45, 7) is 4.88. The van der Waals surface area contributed by atoms with Crippen molar-refractivity contribution >= 4 is 33.8 Å². The van der Waals surface area contributed by atoms with Crippen LogP contribution in [0.15, 0.2) is 11.6 Å². The van der Waals surface area contributed by atoms with Gasteiger partial charge in [-0.1, -0.05) is 11.3 Å². The first-order chi connectivity index (χ1) is 12.1. The number of fused-ring (bicyclic) bond motifs is 1. The minimum Gasteiger partial charge on any atom is -0.358 e. The summed E-state index contributed by atoms with van der Waals surface area (Å²) >= 11 is 1.39. The van der Waals surface area contributed by atoms with Gasteiger partial charge in [-0.2, -0.15) is 9.38 Å². The first-order valence-corrected chi connectivity index (χ1v) is 9.36. The lowest BCUT2D eigenvalue weighted by Crippen LogP contribution is -2.50. The Morgan fingerprint density at radius 1 is 1.20 bits per heavy atom. The molecule has 2 aliphatic heterocycles. The van der Waals surface area contributed by atoms with E-state index < -0.39 is 0 Å². The number of nitrogens with zero attached hydrogens (tertiary/aromatic N) is 6. The molecule has 0 unspecified atom stereocenters. The number of aromatic nitrogens is 2. The second-order valence-electron chi connectivity index (χ2n) is 6.42. The van der Waals surface area contributed by atoms with Crippen molar-refractivity contribution < 1.29 is 9.72 Å². The van der Waals surface area contributed by atoms with Crippen LogP contribution >= 0.6 is 11.3 Å². The van der Waals surface area contributed by atoms with Crippen molar-refractivity contribution in [1.29, 1.82) is 0 Å². The molecule has 0 spiro atoms. The minimum atomic E-state index is -0.370. The van der Waals surface area contributed by atoms with Gasteiger partial charge in [-0.15, -0.1) is 0 Å². The topological polar surface area (TPSA) is 87.2 Å². The highest BCUT2D eigenvalue weighted by Gasteiger charge is 2.31. The molecule has 10 heteroatoms. The fraction of sp³-hybridized carbons (Fsp3) is 0.600. The van der Waals surface area contributed by atoms with Crippen LogP contribution < -0.4 is 4.90 Å². The van der Waals surface area contributed by atoms with Crippen molar-refractivity contribution in [3.05, 3.63) is 21.7 Å². The van der Waals surface area contributed by atoms with E-state index in [2.05, 4.69) is 9.88 Å². The van der Waals surface area contributed by atoms with Crippen molar-refractivity contribution in [2.45, 2.75) is 12.8 Å². The summed E-state index contributed by atoms with van der Waals surface area (Å²) in [6.07, 6.45) is 3.88. The number of amides is 1. The van der Waals surface area contributed by atoms with Gasteiger partial charge in [0.05, 0.1) is 6.54 Å². The lowest BCUT2D eigenvalue weighted by molar-refractivity contribution is -0.389. The van der Waals surface area contributed by atoms with E-state index in [4.69, 9.17) is 0 Å². The van der Waals surface area contributed by atoms with Gasteiger partial charge in [0.1, 0.15) is 6.20 Å². The summed E-state index contributed by atoms with van der Waals surface area (Å²) < 4.78 is 1.53. The van der Waals surface area contributed by atoms with Crippen LogP contribution in [0.2, 0.25) is 0 Å². The average molecular weight is 364 g/mol. The summed E-state index contributed by atoms with van der Waals surface area (Å²) in [4.78, 5) is 34.4. The van der Waals surface area contributed by atoms with Gasteiger partial charge in [0.2, 0.25) is 11.7 Å². The van der Waals surface area contributed by atoms with E-state index >= 15 is 0 Å². The third-order valence-corrected chi connectivity index (χ3v) is 5.64. The Morgan fingerprint density at radius 2 is 1.92 bits per heavy atom. The summed E-state index contributed by atoms with van der Waals surface area (Å²) in [7, 11) is 0. The van der Waals surface area contributed by atoms with E-state index in [1.807, 2.05) is 9.80 Å². The van der Waals surface area contributed by atoms with Gasteiger partial charge in [-0.05, 0) is 17.8 Å². The van der Waals surface area contributed by atoms with Crippen LogP contribution in [-0.2, 0) is 4.79 Å². The van der Waals surface area contributed by atoms with E-state index in [1.165, 1.54) is 15.7 Å². The average Bonchev–Trinajstić information content (AvgIpc) is 3.31.